The topological polar surface area (TPSA) is 38.5 Å². The first kappa shape index (κ1) is 14.4. The highest BCUT2D eigenvalue weighted by Crippen LogP contribution is 2.28. The molecule has 1 heterocycles. The van der Waals surface area contributed by atoms with Crippen LogP contribution in [0.15, 0.2) is 18.2 Å². The van der Waals surface area contributed by atoms with Crippen LogP contribution < -0.4 is 5.73 Å². The minimum atomic E-state index is -0.524. The van der Waals surface area contributed by atoms with Crippen LogP contribution in [0.25, 0.3) is 0 Å². The Morgan fingerprint density at radius 1 is 1.32 bits per heavy atom. The van der Waals surface area contributed by atoms with Crippen LogP contribution in [-0.2, 0) is 4.74 Å². The molecular weight excluding hydrogens is 250 g/mol. The van der Waals surface area contributed by atoms with E-state index in [-0.39, 0.29) is 18.2 Å². The van der Waals surface area contributed by atoms with Gasteiger partial charge in [0.25, 0.3) is 0 Å². The van der Waals surface area contributed by atoms with Crippen LogP contribution in [-0.4, -0.2) is 37.7 Å². The van der Waals surface area contributed by atoms with E-state index in [0.717, 1.165) is 25.9 Å². The Bertz CT molecular complexity index is 400. The highest BCUT2D eigenvalue weighted by molar-refractivity contribution is 5.24. The van der Waals surface area contributed by atoms with Gasteiger partial charge in [-0.05, 0) is 25.0 Å². The van der Waals surface area contributed by atoms with Crippen molar-refractivity contribution in [3.63, 3.8) is 0 Å². The van der Waals surface area contributed by atoms with Crippen LogP contribution >= 0.6 is 0 Å². The summed E-state index contributed by atoms with van der Waals surface area (Å²) >= 11 is 0. The van der Waals surface area contributed by atoms with Crippen LogP contribution in [0.2, 0.25) is 0 Å². The first-order valence-corrected chi connectivity index (χ1v) is 6.58. The molecule has 0 spiro atoms. The van der Waals surface area contributed by atoms with Crippen molar-refractivity contribution in [1.29, 1.82) is 0 Å². The number of nitrogens with zero attached hydrogens (tertiary/aromatic N) is 1. The third-order valence-electron chi connectivity index (χ3n) is 3.81. The SMILES string of the molecule is COC1CCN(C(CN)c2c(F)cccc2F)CC1. The van der Waals surface area contributed by atoms with Gasteiger partial charge in [-0.1, -0.05) is 6.07 Å². The Kier molecular flexibility index (Phi) is 4.85. The third-order valence-corrected chi connectivity index (χ3v) is 3.81. The number of piperidine rings is 1. The van der Waals surface area contributed by atoms with Crippen LogP contribution in [0.3, 0.4) is 0 Å². The standard InChI is InChI=1S/C14H20F2N2O/c1-19-10-5-7-18(8-6-10)13(9-17)14-11(15)3-2-4-12(14)16/h2-4,10,13H,5-9,17H2,1H3. The summed E-state index contributed by atoms with van der Waals surface area (Å²) in [7, 11) is 1.69. The molecule has 1 aliphatic heterocycles. The number of rotatable bonds is 4. The van der Waals surface area contributed by atoms with Gasteiger partial charge in [-0.2, -0.15) is 0 Å². The zero-order valence-corrected chi connectivity index (χ0v) is 11.1. The lowest BCUT2D eigenvalue weighted by atomic mass is 9.99. The lowest BCUT2D eigenvalue weighted by Crippen LogP contribution is -2.42. The molecule has 0 radical (unpaired) electrons. The summed E-state index contributed by atoms with van der Waals surface area (Å²) in [6.45, 7) is 1.69. The summed E-state index contributed by atoms with van der Waals surface area (Å²) in [4.78, 5) is 2.04. The number of hydrogen-bond acceptors (Lipinski definition) is 3. The lowest BCUT2D eigenvalue weighted by Gasteiger charge is -2.37. The molecule has 0 aliphatic carbocycles. The fourth-order valence-electron chi connectivity index (χ4n) is 2.70. The fraction of sp³-hybridized carbons (Fsp3) is 0.571. The van der Waals surface area contributed by atoms with Crippen molar-refractivity contribution in [2.45, 2.75) is 25.0 Å². The van der Waals surface area contributed by atoms with E-state index in [2.05, 4.69) is 0 Å². The summed E-state index contributed by atoms with van der Waals surface area (Å²) in [5.41, 5.74) is 5.82. The van der Waals surface area contributed by atoms with Crippen LogP contribution in [0.1, 0.15) is 24.4 Å². The molecule has 0 aromatic heterocycles. The molecule has 2 rings (SSSR count). The second kappa shape index (κ2) is 6.41. The molecule has 1 atom stereocenters. The smallest absolute Gasteiger partial charge is 0.130 e. The molecule has 19 heavy (non-hydrogen) atoms. The number of ether oxygens (including phenoxy) is 1. The summed E-state index contributed by atoms with van der Waals surface area (Å²) in [6.07, 6.45) is 1.96. The number of benzene rings is 1. The Hall–Kier alpha value is -1.04. The molecule has 1 aromatic rings. The van der Waals surface area contributed by atoms with E-state index < -0.39 is 17.7 Å². The predicted molar refractivity (Wildman–Crippen MR) is 69.8 cm³/mol. The van der Waals surface area contributed by atoms with E-state index in [9.17, 15) is 8.78 Å². The number of methoxy groups -OCH3 is 1. The summed E-state index contributed by atoms with van der Waals surface area (Å²) in [6, 6.07) is 3.53. The van der Waals surface area contributed by atoms with Crippen molar-refractivity contribution >= 4 is 0 Å². The van der Waals surface area contributed by atoms with E-state index in [0.29, 0.717) is 0 Å². The number of hydrogen-bond donors (Lipinski definition) is 1. The van der Waals surface area contributed by atoms with Crippen LogP contribution in [0.4, 0.5) is 8.78 Å². The number of nitrogens with two attached hydrogens (primary N) is 1. The van der Waals surface area contributed by atoms with Crippen LogP contribution in [0, 0.1) is 11.6 Å². The van der Waals surface area contributed by atoms with Gasteiger partial charge in [0.05, 0.1) is 12.1 Å². The molecule has 106 valence electrons. The van der Waals surface area contributed by atoms with Gasteiger partial charge >= 0.3 is 0 Å². The van der Waals surface area contributed by atoms with Gasteiger partial charge in [0.1, 0.15) is 11.6 Å². The maximum atomic E-state index is 13.8. The molecule has 1 unspecified atom stereocenters. The van der Waals surface area contributed by atoms with E-state index in [1.165, 1.54) is 18.2 Å². The van der Waals surface area contributed by atoms with Crippen molar-refractivity contribution in [3.05, 3.63) is 35.4 Å². The number of likely N-dealkylation sites (tertiary alicyclic amines) is 1. The van der Waals surface area contributed by atoms with Gasteiger partial charge in [-0.15, -0.1) is 0 Å². The molecule has 0 saturated carbocycles. The second-order valence-corrected chi connectivity index (χ2v) is 4.86. The predicted octanol–water partition coefficient (Wildman–Crippen LogP) is 2.08. The zero-order valence-electron chi connectivity index (χ0n) is 11.1. The molecule has 1 aliphatic rings. The van der Waals surface area contributed by atoms with Gasteiger partial charge in [0.2, 0.25) is 0 Å². The molecule has 5 heteroatoms. The Morgan fingerprint density at radius 2 is 1.89 bits per heavy atom. The Labute approximate surface area is 112 Å². The first-order valence-electron chi connectivity index (χ1n) is 6.58. The van der Waals surface area contributed by atoms with E-state index in [1.54, 1.807) is 7.11 Å². The maximum Gasteiger partial charge on any atom is 0.130 e. The highest BCUT2D eigenvalue weighted by atomic mass is 19.1. The van der Waals surface area contributed by atoms with Crippen molar-refractivity contribution in [2.75, 3.05) is 26.7 Å². The maximum absolute atomic E-state index is 13.8. The molecule has 0 bridgehead atoms. The average molecular weight is 270 g/mol. The fourth-order valence-corrected chi connectivity index (χ4v) is 2.70. The molecule has 3 nitrogen and oxygen atoms in total. The highest BCUT2D eigenvalue weighted by Gasteiger charge is 2.28. The van der Waals surface area contributed by atoms with Crippen molar-refractivity contribution in [3.8, 4) is 0 Å². The molecule has 2 N–H and O–H groups in total. The molecule has 1 fully saturated rings. The average Bonchev–Trinajstić information content (AvgIpc) is 2.43. The van der Waals surface area contributed by atoms with E-state index in [1.807, 2.05) is 4.90 Å². The molecule has 1 aromatic carbocycles. The largest absolute Gasteiger partial charge is 0.381 e. The minimum absolute atomic E-state index is 0.0841. The monoisotopic (exact) mass is 270 g/mol. The van der Waals surface area contributed by atoms with Crippen molar-refractivity contribution in [1.82, 2.24) is 4.90 Å². The van der Waals surface area contributed by atoms with Crippen molar-refractivity contribution in [2.24, 2.45) is 5.73 Å². The third kappa shape index (κ3) is 3.11. The normalized spacial score (nSPS) is 19.6. The van der Waals surface area contributed by atoms with Gasteiger partial charge < -0.3 is 10.5 Å². The lowest BCUT2D eigenvalue weighted by molar-refractivity contribution is 0.0270. The zero-order chi connectivity index (χ0) is 13.8. The summed E-state index contributed by atoms with van der Waals surface area (Å²) in [5.74, 6) is -1.05. The van der Waals surface area contributed by atoms with Crippen molar-refractivity contribution < 1.29 is 13.5 Å². The Balaban J connectivity index is 2.17. The van der Waals surface area contributed by atoms with Gasteiger partial charge in [-0.25, -0.2) is 8.78 Å². The molecular formula is C14H20F2N2O. The Morgan fingerprint density at radius 3 is 2.37 bits per heavy atom. The van der Waals surface area contributed by atoms with Gasteiger partial charge in [0.15, 0.2) is 0 Å². The van der Waals surface area contributed by atoms with E-state index >= 15 is 0 Å². The summed E-state index contributed by atoms with van der Waals surface area (Å²) < 4.78 is 33.0. The molecule has 0 amide bonds. The molecule has 1 saturated heterocycles. The summed E-state index contributed by atoms with van der Waals surface area (Å²) in [5, 5.41) is 0. The first-order chi connectivity index (χ1) is 9.17. The number of halogens is 2. The second-order valence-electron chi connectivity index (χ2n) is 4.86. The quantitative estimate of drug-likeness (QED) is 0.910. The minimum Gasteiger partial charge on any atom is -0.381 e. The van der Waals surface area contributed by atoms with Crippen LogP contribution in [0.5, 0.6) is 0 Å². The van der Waals surface area contributed by atoms with Gasteiger partial charge in [0, 0.05) is 32.3 Å². The van der Waals surface area contributed by atoms with E-state index in [4.69, 9.17) is 10.5 Å². The van der Waals surface area contributed by atoms with Gasteiger partial charge in [-0.3, -0.25) is 4.90 Å².